The predicted octanol–water partition coefficient (Wildman–Crippen LogP) is 1.38. The first-order valence-electron chi connectivity index (χ1n) is 5.10. The van der Waals surface area contributed by atoms with Crippen LogP contribution in [0.25, 0.3) is 0 Å². The third-order valence-corrected chi connectivity index (χ3v) is 2.37. The molecule has 3 heteroatoms. The zero-order chi connectivity index (χ0) is 10.3. The largest absolute Gasteiger partial charge is 0.377 e. The lowest BCUT2D eigenvalue weighted by atomic mass is 10.2. The normalized spacial score (nSPS) is 27.2. The lowest BCUT2D eigenvalue weighted by Crippen LogP contribution is -2.41. The van der Waals surface area contributed by atoms with Crippen molar-refractivity contribution in [2.75, 3.05) is 33.9 Å². The minimum atomic E-state index is 0.264. The van der Waals surface area contributed by atoms with Gasteiger partial charge in [0.15, 0.2) is 0 Å². The highest BCUT2D eigenvalue weighted by Crippen LogP contribution is 2.13. The van der Waals surface area contributed by atoms with Crippen molar-refractivity contribution < 1.29 is 9.47 Å². The molecule has 0 N–H and O–H groups in total. The molecule has 1 aliphatic rings. The topological polar surface area (TPSA) is 21.7 Å². The minimum Gasteiger partial charge on any atom is -0.377 e. The molecule has 80 valence electrons. The first kappa shape index (κ1) is 12.9. The average molecular weight is 189 g/mol. The Hall–Kier alpha value is -0.120. The van der Waals surface area contributed by atoms with E-state index in [9.17, 15) is 0 Å². The van der Waals surface area contributed by atoms with Gasteiger partial charge in [-0.1, -0.05) is 20.8 Å². The predicted molar refractivity (Wildman–Crippen MR) is 55.1 cm³/mol. The smallest absolute Gasteiger partial charge is 0.0981 e. The summed E-state index contributed by atoms with van der Waals surface area (Å²) in [5.74, 6) is 0. The number of hydrogen-bond donors (Lipinski definition) is 0. The van der Waals surface area contributed by atoms with Gasteiger partial charge < -0.3 is 9.47 Å². The molecule has 1 heterocycles. The lowest BCUT2D eigenvalue weighted by Gasteiger charge is -2.25. The van der Waals surface area contributed by atoms with Crippen LogP contribution in [0.15, 0.2) is 0 Å². The molecule has 1 aliphatic heterocycles. The van der Waals surface area contributed by atoms with E-state index in [2.05, 4.69) is 18.9 Å². The molecule has 0 aromatic carbocycles. The third-order valence-electron chi connectivity index (χ3n) is 2.37. The molecule has 3 nitrogen and oxygen atoms in total. The standard InChI is InChI=1S/C8H17NO2.C2H6/c1-4-9(2)7-5-11-6-8(7)10-3;1-2/h7-8H,4-6H2,1-3H3;1-2H3/t7-,8+;/m0./s1. The second-order valence-electron chi connectivity index (χ2n) is 2.95. The maximum Gasteiger partial charge on any atom is 0.0981 e. The van der Waals surface area contributed by atoms with Gasteiger partial charge in [-0.15, -0.1) is 0 Å². The Morgan fingerprint density at radius 3 is 2.46 bits per heavy atom. The van der Waals surface area contributed by atoms with Crippen molar-refractivity contribution in [3.05, 3.63) is 0 Å². The summed E-state index contributed by atoms with van der Waals surface area (Å²) in [6.07, 6.45) is 0.264. The van der Waals surface area contributed by atoms with Crippen molar-refractivity contribution in [2.45, 2.75) is 32.9 Å². The fraction of sp³-hybridized carbons (Fsp3) is 1.00. The fourth-order valence-electron chi connectivity index (χ4n) is 1.39. The van der Waals surface area contributed by atoms with Gasteiger partial charge in [-0.05, 0) is 13.6 Å². The first-order valence-corrected chi connectivity index (χ1v) is 5.10. The monoisotopic (exact) mass is 189 g/mol. The van der Waals surface area contributed by atoms with Crippen molar-refractivity contribution in [1.29, 1.82) is 0 Å². The molecule has 0 radical (unpaired) electrons. The SMILES string of the molecule is CC.CCN(C)[C@H]1COC[C@H]1OC. The highest BCUT2D eigenvalue weighted by atomic mass is 16.5. The van der Waals surface area contributed by atoms with Gasteiger partial charge in [-0.2, -0.15) is 0 Å². The van der Waals surface area contributed by atoms with Crippen LogP contribution >= 0.6 is 0 Å². The number of methoxy groups -OCH3 is 1. The van der Waals surface area contributed by atoms with Gasteiger partial charge in [-0.3, -0.25) is 4.90 Å². The van der Waals surface area contributed by atoms with Crippen LogP contribution in [0, 0.1) is 0 Å². The van der Waals surface area contributed by atoms with E-state index < -0.39 is 0 Å². The van der Waals surface area contributed by atoms with E-state index in [4.69, 9.17) is 9.47 Å². The highest BCUT2D eigenvalue weighted by molar-refractivity contribution is 4.82. The number of nitrogens with zero attached hydrogens (tertiary/aromatic N) is 1. The molecule has 0 unspecified atom stereocenters. The Morgan fingerprint density at radius 1 is 1.38 bits per heavy atom. The molecular weight excluding hydrogens is 166 g/mol. The van der Waals surface area contributed by atoms with E-state index in [-0.39, 0.29) is 6.10 Å². The maximum absolute atomic E-state index is 5.32. The van der Waals surface area contributed by atoms with Crippen LogP contribution in [0.5, 0.6) is 0 Å². The quantitative estimate of drug-likeness (QED) is 0.669. The van der Waals surface area contributed by atoms with Crippen molar-refractivity contribution in [3.8, 4) is 0 Å². The summed E-state index contributed by atoms with van der Waals surface area (Å²) in [4.78, 5) is 2.27. The number of rotatable bonds is 3. The van der Waals surface area contributed by atoms with Crippen LogP contribution in [0.2, 0.25) is 0 Å². The Kier molecular flexibility index (Phi) is 7.23. The summed E-state index contributed by atoms with van der Waals surface area (Å²) in [5.41, 5.74) is 0. The molecular formula is C10H23NO2. The highest BCUT2D eigenvalue weighted by Gasteiger charge is 2.30. The molecule has 1 saturated heterocycles. The summed E-state index contributed by atoms with van der Waals surface area (Å²) in [6.45, 7) is 8.74. The van der Waals surface area contributed by atoms with Gasteiger partial charge in [-0.25, -0.2) is 0 Å². The lowest BCUT2D eigenvalue weighted by molar-refractivity contribution is 0.0503. The van der Waals surface area contributed by atoms with Crippen molar-refractivity contribution in [2.24, 2.45) is 0 Å². The van der Waals surface area contributed by atoms with E-state index in [1.807, 2.05) is 13.8 Å². The summed E-state index contributed by atoms with van der Waals surface area (Å²) in [5, 5.41) is 0. The van der Waals surface area contributed by atoms with E-state index in [0.29, 0.717) is 6.04 Å². The molecule has 0 amide bonds. The Balaban J connectivity index is 0.000000671. The maximum atomic E-state index is 5.32. The summed E-state index contributed by atoms with van der Waals surface area (Å²) >= 11 is 0. The Morgan fingerprint density at radius 2 is 2.00 bits per heavy atom. The van der Waals surface area contributed by atoms with Crippen molar-refractivity contribution in [3.63, 3.8) is 0 Å². The zero-order valence-electron chi connectivity index (χ0n) is 9.54. The van der Waals surface area contributed by atoms with Crippen molar-refractivity contribution in [1.82, 2.24) is 4.90 Å². The van der Waals surface area contributed by atoms with E-state index in [1.54, 1.807) is 7.11 Å². The van der Waals surface area contributed by atoms with E-state index in [1.165, 1.54) is 0 Å². The molecule has 0 aliphatic carbocycles. The molecule has 0 aromatic heterocycles. The zero-order valence-corrected chi connectivity index (χ0v) is 9.54. The molecule has 0 saturated carbocycles. The van der Waals surface area contributed by atoms with Crippen LogP contribution in [-0.2, 0) is 9.47 Å². The van der Waals surface area contributed by atoms with Crippen LogP contribution in [-0.4, -0.2) is 51.0 Å². The second-order valence-corrected chi connectivity index (χ2v) is 2.95. The van der Waals surface area contributed by atoms with Crippen LogP contribution in [0.1, 0.15) is 20.8 Å². The minimum absolute atomic E-state index is 0.264. The fourth-order valence-corrected chi connectivity index (χ4v) is 1.39. The van der Waals surface area contributed by atoms with Gasteiger partial charge >= 0.3 is 0 Å². The van der Waals surface area contributed by atoms with Gasteiger partial charge in [0.05, 0.1) is 25.4 Å². The van der Waals surface area contributed by atoms with Gasteiger partial charge in [0.2, 0.25) is 0 Å². The second kappa shape index (κ2) is 7.30. The number of likely N-dealkylation sites (N-methyl/N-ethyl adjacent to an activating group) is 1. The molecule has 2 atom stereocenters. The molecule has 0 spiro atoms. The molecule has 1 fully saturated rings. The summed E-state index contributed by atoms with van der Waals surface area (Å²) in [6, 6.07) is 0.449. The molecule has 13 heavy (non-hydrogen) atoms. The third kappa shape index (κ3) is 3.63. The van der Waals surface area contributed by atoms with E-state index in [0.717, 1.165) is 19.8 Å². The summed E-state index contributed by atoms with van der Waals surface area (Å²) in [7, 11) is 3.85. The Bertz CT molecular complexity index is 119. The van der Waals surface area contributed by atoms with Crippen LogP contribution < -0.4 is 0 Å². The van der Waals surface area contributed by atoms with Gasteiger partial charge in [0, 0.05) is 7.11 Å². The molecule has 1 rings (SSSR count). The Labute approximate surface area is 82.0 Å². The average Bonchev–Trinajstić information content (AvgIpc) is 2.67. The molecule has 0 aromatic rings. The van der Waals surface area contributed by atoms with Crippen LogP contribution in [0.3, 0.4) is 0 Å². The first-order chi connectivity index (χ1) is 6.29. The number of ether oxygens (including phenoxy) is 2. The van der Waals surface area contributed by atoms with E-state index >= 15 is 0 Å². The summed E-state index contributed by atoms with van der Waals surface area (Å²) < 4.78 is 10.6. The van der Waals surface area contributed by atoms with Crippen LogP contribution in [0.4, 0.5) is 0 Å². The van der Waals surface area contributed by atoms with Gasteiger partial charge in [0.1, 0.15) is 0 Å². The molecule has 0 bridgehead atoms. The number of hydrogen-bond acceptors (Lipinski definition) is 3. The van der Waals surface area contributed by atoms with Crippen molar-refractivity contribution >= 4 is 0 Å². The van der Waals surface area contributed by atoms with Gasteiger partial charge in [0.25, 0.3) is 0 Å².